The second kappa shape index (κ2) is 4.75. The molecule has 0 unspecified atom stereocenters. The summed E-state index contributed by atoms with van der Waals surface area (Å²) in [5.74, 6) is 0.689. The molecule has 3 rings (SSSR count). The van der Waals surface area contributed by atoms with Crippen LogP contribution in [0, 0.1) is 6.92 Å². The van der Waals surface area contributed by atoms with E-state index in [9.17, 15) is 5.11 Å². The van der Waals surface area contributed by atoms with Crippen LogP contribution in [0.5, 0.6) is 0 Å². The lowest BCUT2D eigenvalue weighted by Gasteiger charge is -2.09. The van der Waals surface area contributed by atoms with E-state index in [1.807, 2.05) is 41.1 Å². The molecule has 0 saturated heterocycles. The topological polar surface area (TPSA) is 50.9 Å². The van der Waals surface area contributed by atoms with E-state index in [0.29, 0.717) is 12.4 Å². The van der Waals surface area contributed by atoms with Crippen LogP contribution in [0.15, 0.2) is 29.6 Å². The Bertz CT molecular complexity index is 714. The maximum atomic E-state index is 9.89. The molecular weight excluding hydrogens is 258 g/mol. The van der Waals surface area contributed by atoms with Crippen LogP contribution in [0.25, 0.3) is 11.0 Å². The second-order valence-corrected chi connectivity index (χ2v) is 5.55. The number of benzene rings is 1. The normalized spacial score (nSPS) is 13.0. The largest absolute Gasteiger partial charge is 0.385 e. The summed E-state index contributed by atoms with van der Waals surface area (Å²) < 4.78 is 2.04. The van der Waals surface area contributed by atoms with Gasteiger partial charge in [-0.05, 0) is 26.0 Å². The molecule has 1 atom stereocenters. The highest BCUT2D eigenvalue weighted by Gasteiger charge is 2.15. The molecule has 0 aliphatic rings. The Morgan fingerprint density at radius 2 is 2.11 bits per heavy atom. The quantitative estimate of drug-likeness (QED) is 0.798. The van der Waals surface area contributed by atoms with E-state index < -0.39 is 6.10 Å². The first kappa shape index (κ1) is 12.3. The SMILES string of the molecule is Cc1csc(Cn2c([C@@H](C)O)nc3ccccc32)n1. The summed E-state index contributed by atoms with van der Waals surface area (Å²) in [7, 11) is 0. The Hall–Kier alpha value is -1.72. The lowest BCUT2D eigenvalue weighted by atomic mass is 10.3. The highest BCUT2D eigenvalue weighted by atomic mass is 32.1. The van der Waals surface area contributed by atoms with E-state index in [-0.39, 0.29) is 0 Å². The molecule has 0 bridgehead atoms. The lowest BCUT2D eigenvalue weighted by Crippen LogP contribution is -2.07. The first-order valence-corrected chi connectivity index (χ1v) is 7.07. The summed E-state index contributed by atoms with van der Waals surface area (Å²) in [6, 6.07) is 7.93. The van der Waals surface area contributed by atoms with Gasteiger partial charge in [-0.3, -0.25) is 0 Å². The molecule has 4 nitrogen and oxygen atoms in total. The number of hydrogen-bond acceptors (Lipinski definition) is 4. The van der Waals surface area contributed by atoms with E-state index in [1.54, 1.807) is 18.3 Å². The number of fused-ring (bicyclic) bond motifs is 1. The number of para-hydroxylation sites is 2. The van der Waals surface area contributed by atoms with Crippen molar-refractivity contribution >= 4 is 22.4 Å². The van der Waals surface area contributed by atoms with Crippen LogP contribution < -0.4 is 0 Å². The Balaban J connectivity index is 2.12. The molecule has 5 heteroatoms. The van der Waals surface area contributed by atoms with E-state index >= 15 is 0 Å². The monoisotopic (exact) mass is 273 g/mol. The molecule has 2 aromatic heterocycles. The first-order chi connectivity index (χ1) is 9.15. The first-order valence-electron chi connectivity index (χ1n) is 6.19. The maximum Gasteiger partial charge on any atom is 0.138 e. The molecular formula is C14H15N3OS. The average Bonchev–Trinajstić information content (AvgIpc) is 2.95. The molecule has 19 heavy (non-hydrogen) atoms. The van der Waals surface area contributed by atoms with Gasteiger partial charge in [0.15, 0.2) is 0 Å². The summed E-state index contributed by atoms with van der Waals surface area (Å²) in [6.45, 7) is 4.38. The van der Waals surface area contributed by atoms with Gasteiger partial charge in [0.25, 0.3) is 0 Å². The van der Waals surface area contributed by atoms with Gasteiger partial charge in [-0.15, -0.1) is 11.3 Å². The van der Waals surface area contributed by atoms with Crippen molar-refractivity contribution < 1.29 is 5.11 Å². The van der Waals surface area contributed by atoms with Gasteiger partial charge in [-0.2, -0.15) is 0 Å². The zero-order valence-corrected chi connectivity index (χ0v) is 11.7. The van der Waals surface area contributed by atoms with Crippen molar-refractivity contribution in [2.75, 3.05) is 0 Å². The van der Waals surface area contributed by atoms with Crippen molar-refractivity contribution in [3.8, 4) is 0 Å². The molecule has 3 aromatic rings. The zero-order chi connectivity index (χ0) is 13.4. The van der Waals surface area contributed by atoms with Gasteiger partial charge in [-0.1, -0.05) is 12.1 Å². The number of imidazole rings is 1. The molecule has 0 amide bonds. The average molecular weight is 273 g/mol. The van der Waals surface area contributed by atoms with Crippen molar-refractivity contribution in [3.63, 3.8) is 0 Å². The van der Waals surface area contributed by atoms with Crippen molar-refractivity contribution in [2.24, 2.45) is 0 Å². The molecule has 98 valence electrons. The Morgan fingerprint density at radius 3 is 2.79 bits per heavy atom. The molecule has 2 heterocycles. The molecule has 1 aromatic carbocycles. The number of aliphatic hydroxyl groups excluding tert-OH is 1. The minimum atomic E-state index is -0.589. The Morgan fingerprint density at radius 1 is 1.32 bits per heavy atom. The van der Waals surface area contributed by atoms with Crippen molar-refractivity contribution in [1.82, 2.24) is 14.5 Å². The van der Waals surface area contributed by atoms with E-state index in [2.05, 4.69) is 9.97 Å². The second-order valence-electron chi connectivity index (χ2n) is 4.60. The number of hydrogen-bond donors (Lipinski definition) is 1. The third-order valence-corrected chi connectivity index (χ3v) is 3.97. The minimum absolute atomic E-state index is 0.589. The van der Waals surface area contributed by atoms with Crippen LogP contribution in [0.1, 0.15) is 29.6 Å². The van der Waals surface area contributed by atoms with Gasteiger partial charge in [0.2, 0.25) is 0 Å². The Kier molecular flexibility index (Phi) is 3.08. The van der Waals surface area contributed by atoms with E-state index in [4.69, 9.17) is 0 Å². The number of rotatable bonds is 3. The van der Waals surface area contributed by atoms with Crippen LogP contribution in [-0.4, -0.2) is 19.6 Å². The predicted octanol–water partition coefficient (Wildman–Crippen LogP) is 2.90. The van der Waals surface area contributed by atoms with Gasteiger partial charge in [0.1, 0.15) is 16.9 Å². The summed E-state index contributed by atoms with van der Waals surface area (Å²) in [6.07, 6.45) is -0.589. The fourth-order valence-corrected chi connectivity index (χ4v) is 2.95. The zero-order valence-electron chi connectivity index (χ0n) is 10.9. The Labute approximate surface area is 115 Å². The molecule has 0 fully saturated rings. The number of aliphatic hydroxyl groups is 1. The highest BCUT2D eigenvalue weighted by Crippen LogP contribution is 2.22. The van der Waals surface area contributed by atoms with Gasteiger partial charge in [0, 0.05) is 11.1 Å². The number of aryl methyl sites for hydroxylation is 1. The van der Waals surface area contributed by atoms with Gasteiger partial charge >= 0.3 is 0 Å². The third-order valence-electron chi connectivity index (χ3n) is 3.02. The van der Waals surface area contributed by atoms with Crippen molar-refractivity contribution in [2.45, 2.75) is 26.5 Å². The number of aromatic nitrogens is 3. The van der Waals surface area contributed by atoms with Gasteiger partial charge in [-0.25, -0.2) is 9.97 Å². The number of nitrogens with zero attached hydrogens (tertiary/aromatic N) is 3. The summed E-state index contributed by atoms with van der Waals surface area (Å²) >= 11 is 1.64. The lowest BCUT2D eigenvalue weighted by molar-refractivity contribution is 0.185. The smallest absolute Gasteiger partial charge is 0.138 e. The van der Waals surface area contributed by atoms with Crippen molar-refractivity contribution in [3.05, 3.63) is 46.2 Å². The van der Waals surface area contributed by atoms with Crippen LogP contribution in [0.2, 0.25) is 0 Å². The molecule has 0 saturated carbocycles. The molecule has 0 aliphatic carbocycles. The van der Waals surface area contributed by atoms with Crippen LogP contribution in [-0.2, 0) is 6.54 Å². The standard InChI is InChI=1S/C14H15N3OS/c1-9-8-19-13(15-9)7-17-12-6-4-3-5-11(12)16-14(17)10(2)18/h3-6,8,10,18H,7H2,1-2H3/t10-/m1/s1. The van der Waals surface area contributed by atoms with Crippen LogP contribution >= 0.6 is 11.3 Å². The molecule has 1 N–H and O–H groups in total. The van der Waals surface area contributed by atoms with Gasteiger partial charge in [0.05, 0.1) is 17.6 Å². The van der Waals surface area contributed by atoms with Crippen molar-refractivity contribution in [1.29, 1.82) is 0 Å². The van der Waals surface area contributed by atoms with Gasteiger partial charge < -0.3 is 9.67 Å². The minimum Gasteiger partial charge on any atom is -0.385 e. The predicted molar refractivity (Wildman–Crippen MR) is 76.3 cm³/mol. The molecule has 0 aliphatic heterocycles. The molecule has 0 radical (unpaired) electrons. The fraction of sp³-hybridized carbons (Fsp3) is 0.286. The van der Waals surface area contributed by atoms with E-state index in [1.165, 1.54) is 0 Å². The fourth-order valence-electron chi connectivity index (χ4n) is 2.19. The van der Waals surface area contributed by atoms with Crippen LogP contribution in [0.3, 0.4) is 0 Å². The summed E-state index contributed by atoms with van der Waals surface area (Å²) in [5.41, 5.74) is 2.97. The van der Waals surface area contributed by atoms with Crippen LogP contribution in [0.4, 0.5) is 0 Å². The third kappa shape index (κ3) is 2.27. The number of thiazole rings is 1. The van der Waals surface area contributed by atoms with E-state index in [0.717, 1.165) is 21.7 Å². The maximum absolute atomic E-state index is 9.89. The summed E-state index contributed by atoms with van der Waals surface area (Å²) in [5, 5.41) is 13.0. The molecule has 0 spiro atoms. The summed E-state index contributed by atoms with van der Waals surface area (Å²) in [4.78, 5) is 8.99. The highest BCUT2D eigenvalue weighted by molar-refractivity contribution is 7.09.